The fourth-order valence-electron chi connectivity index (χ4n) is 2.54. The highest BCUT2D eigenvalue weighted by Crippen LogP contribution is 2.34. The van der Waals surface area contributed by atoms with Gasteiger partial charge in [-0.3, -0.25) is 4.79 Å². The van der Waals surface area contributed by atoms with Crippen molar-refractivity contribution in [3.8, 4) is 0 Å². The van der Waals surface area contributed by atoms with E-state index in [2.05, 4.69) is 15.0 Å². The van der Waals surface area contributed by atoms with Gasteiger partial charge in [0, 0.05) is 24.0 Å². The molecule has 0 bridgehead atoms. The van der Waals surface area contributed by atoms with Crippen LogP contribution in [-0.2, 0) is 26.1 Å². The molecule has 1 aliphatic carbocycles. The molecule has 144 valence electrons. The van der Waals surface area contributed by atoms with Gasteiger partial charge in [-0.2, -0.15) is 4.31 Å². The van der Waals surface area contributed by atoms with E-state index in [1.54, 1.807) is 17.5 Å². The van der Waals surface area contributed by atoms with E-state index in [1.165, 1.54) is 41.8 Å². The number of anilines is 1. The summed E-state index contributed by atoms with van der Waals surface area (Å²) in [5.74, 6) is -0.776. The predicted molar refractivity (Wildman–Crippen MR) is 100.0 cm³/mol. The lowest BCUT2D eigenvalue weighted by atomic mass is 10.3. The Kier molecular flexibility index (Phi) is 5.59. The van der Waals surface area contributed by atoms with Crippen LogP contribution in [0.4, 0.5) is 5.69 Å². The summed E-state index contributed by atoms with van der Waals surface area (Å²) in [4.78, 5) is 27.0. The van der Waals surface area contributed by atoms with Crippen LogP contribution in [0, 0.1) is 0 Å². The highest BCUT2D eigenvalue weighted by atomic mass is 32.2. The fourth-order valence-corrected chi connectivity index (χ4v) is 5.03. The minimum absolute atomic E-state index is 0.0736. The zero-order valence-corrected chi connectivity index (χ0v) is 16.5. The molecule has 1 fully saturated rings. The number of nitrogens with zero attached hydrogens (tertiary/aromatic N) is 2. The van der Waals surface area contributed by atoms with Crippen LogP contribution in [-0.4, -0.2) is 42.7 Å². The van der Waals surface area contributed by atoms with Crippen molar-refractivity contribution >= 4 is 38.9 Å². The highest BCUT2D eigenvalue weighted by molar-refractivity contribution is 7.89. The van der Waals surface area contributed by atoms with Crippen molar-refractivity contribution < 1.29 is 22.7 Å². The minimum atomic E-state index is -3.73. The molecular weight excluding hydrogens is 390 g/mol. The number of rotatable bonds is 7. The van der Waals surface area contributed by atoms with Crippen LogP contribution in [0.3, 0.4) is 0 Å². The van der Waals surface area contributed by atoms with E-state index in [0.717, 1.165) is 12.8 Å². The molecule has 27 heavy (non-hydrogen) atoms. The van der Waals surface area contributed by atoms with E-state index in [0.29, 0.717) is 10.7 Å². The molecule has 1 saturated carbocycles. The lowest BCUT2D eigenvalue weighted by Crippen LogP contribution is -2.32. The maximum absolute atomic E-state index is 13.1. The first-order chi connectivity index (χ1) is 12.8. The summed E-state index contributed by atoms with van der Waals surface area (Å²) in [6.07, 6.45) is 1.58. The van der Waals surface area contributed by atoms with Crippen LogP contribution in [0.2, 0.25) is 0 Å². The summed E-state index contributed by atoms with van der Waals surface area (Å²) in [7, 11) is -2.46. The summed E-state index contributed by atoms with van der Waals surface area (Å²) in [5, 5.41) is 4.69. The third kappa shape index (κ3) is 4.52. The smallest absolute Gasteiger partial charge is 0.357 e. The molecular formula is C17H19N3O5S2. The van der Waals surface area contributed by atoms with Crippen molar-refractivity contribution in [1.29, 1.82) is 0 Å². The number of sulfonamides is 1. The normalized spacial score (nSPS) is 14.2. The van der Waals surface area contributed by atoms with Gasteiger partial charge < -0.3 is 10.1 Å². The molecule has 0 aliphatic heterocycles. The van der Waals surface area contributed by atoms with Crippen molar-refractivity contribution in [3.05, 3.63) is 40.3 Å². The number of carbonyl (C=O) groups is 2. The zero-order chi connectivity index (χ0) is 19.6. The van der Waals surface area contributed by atoms with E-state index < -0.39 is 16.0 Å². The molecule has 1 heterocycles. The number of aromatic nitrogens is 1. The van der Waals surface area contributed by atoms with Gasteiger partial charge in [0.25, 0.3) is 0 Å². The molecule has 0 radical (unpaired) electrons. The molecule has 1 amide bonds. The third-order valence-corrected chi connectivity index (χ3v) is 6.72. The molecule has 10 heteroatoms. The van der Waals surface area contributed by atoms with Gasteiger partial charge in [-0.05, 0) is 37.1 Å². The topological polar surface area (TPSA) is 106 Å². The summed E-state index contributed by atoms with van der Waals surface area (Å²) >= 11 is 1.22. The summed E-state index contributed by atoms with van der Waals surface area (Å²) < 4.78 is 32.2. The molecule has 1 N–H and O–H groups in total. The Morgan fingerprint density at radius 3 is 2.52 bits per heavy atom. The van der Waals surface area contributed by atoms with Crippen molar-refractivity contribution in [2.75, 3.05) is 12.4 Å². The van der Waals surface area contributed by atoms with Gasteiger partial charge in [-0.1, -0.05) is 0 Å². The van der Waals surface area contributed by atoms with Crippen molar-refractivity contribution in [2.45, 2.75) is 37.2 Å². The largest absolute Gasteiger partial charge is 0.464 e. The molecule has 8 nitrogen and oxygen atoms in total. The Hall–Kier alpha value is -2.30. The average Bonchev–Trinajstić information content (AvgIpc) is 3.36. The van der Waals surface area contributed by atoms with Crippen LogP contribution >= 0.6 is 11.3 Å². The lowest BCUT2D eigenvalue weighted by molar-refractivity contribution is -0.114. The number of carbonyl (C=O) groups excluding carboxylic acids is 2. The molecule has 0 atom stereocenters. The van der Waals surface area contributed by atoms with Crippen molar-refractivity contribution in [1.82, 2.24) is 9.29 Å². The standard InChI is InChI=1S/C17H19N3O5S2/c1-11(21)18-12-3-7-14(8-4-12)27(23,24)20(13-5-6-13)9-16-19-15(10-26-16)17(22)25-2/h3-4,7-8,10,13H,5-6,9H2,1-2H3,(H,18,21). The number of esters is 1. The summed E-state index contributed by atoms with van der Waals surface area (Å²) in [5.41, 5.74) is 0.701. The lowest BCUT2D eigenvalue weighted by Gasteiger charge is -2.21. The molecule has 3 rings (SSSR count). The van der Waals surface area contributed by atoms with Crippen LogP contribution in [0.25, 0.3) is 0 Å². The highest BCUT2D eigenvalue weighted by Gasteiger charge is 2.38. The maximum Gasteiger partial charge on any atom is 0.357 e. The first kappa shape index (κ1) is 19.5. The van der Waals surface area contributed by atoms with Gasteiger partial charge in [-0.25, -0.2) is 18.2 Å². The van der Waals surface area contributed by atoms with Gasteiger partial charge >= 0.3 is 5.97 Å². The number of ether oxygens (including phenoxy) is 1. The van der Waals surface area contributed by atoms with Gasteiger partial charge in [0.2, 0.25) is 15.9 Å². The second-order valence-electron chi connectivity index (χ2n) is 6.11. The molecule has 1 aromatic carbocycles. The number of benzene rings is 1. The van der Waals surface area contributed by atoms with E-state index >= 15 is 0 Å². The van der Waals surface area contributed by atoms with Gasteiger partial charge in [0.05, 0.1) is 18.6 Å². The second kappa shape index (κ2) is 7.75. The predicted octanol–water partition coefficient (Wildman–Crippen LogP) is 2.24. The molecule has 0 spiro atoms. The van der Waals surface area contributed by atoms with E-state index in [4.69, 9.17) is 0 Å². The Labute approximate surface area is 161 Å². The van der Waals surface area contributed by atoms with Crippen LogP contribution in [0.1, 0.15) is 35.3 Å². The molecule has 2 aromatic rings. The van der Waals surface area contributed by atoms with Crippen molar-refractivity contribution in [3.63, 3.8) is 0 Å². The number of hydrogen-bond donors (Lipinski definition) is 1. The number of methoxy groups -OCH3 is 1. The first-order valence-electron chi connectivity index (χ1n) is 8.23. The van der Waals surface area contributed by atoms with Crippen LogP contribution < -0.4 is 5.32 Å². The molecule has 0 saturated heterocycles. The third-order valence-electron chi connectivity index (χ3n) is 3.97. The van der Waals surface area contributed by atoms with Crippen LogP contribution in [0.15, 0.2) is 34.5 Å². The van der Waals surface area contributed by atoms with E-state index in [-0.39, 0.29) is 29.1 Å². The Morgan fingerprint density at radius 2 is 1.96 bits per heavy atom. The van der Waals surface area contributed by atoms with E-state index in [9.17, 15) is 18.0 Å². The van der Waals surface area contributed by atoms with Crippen molar-refractivity contribution in [2.24, 2.45) is 0 Å². The van der Waals surface area contributed by atoms with Crippen LogP contribution in [0.5, 0.6) is 0 Å². The summed E-state index contributed by atoms with van der Waals surface area (Å²) in [6.45, 7) is 1.48. The number of amides is 1. The van der Waals surface area contributed by atoms with E-state index in [1.807, 2.05) is 0 Å². The number of nitrogens with one attached hydrogen (secondary N) is 1. The first-order valence-corrected chi connectivity index (χ1v) is 10.6. The number of thiazole rings is 1. The molecule has 0 unspecified atom stereocenters. The van der Waals surface area contributed by atoms with Gasteiger partial charge in [0.1, 0.15) is 5.01 Å². The second-order valence-corrected chi connectivity index (χ2v) is 8.94. The SMILES string of the molecule is COC(=O)c1csc(CN(C2CC2)S(=O)(=O)c2ccc(NC(C)=O)cc2)n1. The Bertz CT molecular complexity index is 949. The quantitative estimate of drug-likeness (QED) is 0.703. The zero-order valence-electron chi connectivity index (χ0n) is 14.8. The van der Waals surface area contributed by atoms with Gasteiger partial charge in [-0.15, -0.1) is 11.3 Å². The maximum atomic E-state index is 13.1. The Morgan fingerprint density at radius 1 is 1.30 bits per heavy atom. The molecule has 1 aliphatic rings. The fraction of sp³-hybridized carbons (Fsp3) is 0.353. The van der Waals surface area contributed by atoms with Gasteiger partial charge in [0.15, 0.2) is 5.69 Å². The average molecular weight is 409 g/mol. The summed E-state index contributed by atoms with van der Waals surface area (Å²) in [6, 6.07) is 5.97. The monoisotopic (exact) mass is 409 g/mol. The minimum Gasteiger partial charge on any atom is -0.464 e. The number of hydrogen-bond acceptors (Lipinski definition) is 7. The Balaban J connectivity index is 1.82. The molecule has 1 aromatic heterocycles.